The Kier molecular flexibility index (Phi) is 5.56. The van der Waals surface area contributed by atoms with Gasteiger partial charge in [0.05, 0.1) is 6.54 Å². The molecule has 2 amide bonds. The van der Waals surface area contributed by atoms with E-state index in [0.717, 1.165) is 57.1 Å². The van der Waals surface area contributed by atoms with Crippen LogP contribution in [-0.2, 0) is 6.42 Å². The highest BCUT2D eigenvalue weighted by molar-refractivity contribution is 5.94. The number of hydrogen-bond donors (Lipinski definition) is 3. The van der Waals surface area contributed by atoms with E-state index in [9.17, 15) is 4.79 Å². The van der Waals surface area contributed by atoms with Crippen molar-refractivity contribution < 1.29 is 4.79 Å². The summed E-state index contributed by atoms with van der Waals surface area (Å²) in [5, 5.41) is 9.38. The van der Waals surface area contributed by atoms with Crippen LogP contribution in [0.25, 0.3) is 0 Å². The normalized spacial score (nSPS) is 18.0. The summed E-state index contributed by atoms with van der Waals surface area (Å²) in [5.41, 5.74) is 2.43. The number of benzene rings is 1. The average Bonchev–Trinajstić information content (AvgIpc) is 3.10. The second-order valence-corrected chi connectivity index (χ2v) is 6.45. The van der Waals surface area contributed by atoms with Gasteiger partial charge >= 0.3 is 6.03 Å². The number of hydrogen-bond acceptors (Lipinski definition) is 4. The van der Waals surface area contributed by atoms with Crippen molar-refractivity contribution in [2.75, 3.05) is 38.0 Å². The second kappa shape index (κ2) is 8.04. The molecule has 0 aromatic heterocycles. The summed E-state index contributed by atoms with van der Waals surface area (Å²) >= 11 is 0. The van der Waals surface area contributed by atoms with Crippen LogP contribution in [0.1, 0.15) is 25.3 Å². The quantitative estimate of drug-likeness (QED) is 0.792. The van der Waals surface area contributed by atoms with Crippen LogP contribution < -0.4 is 16.0 Å². The third-order valence-electron chi connectivity index (χ3n) is 4.64. The van der Waals surface area contributed by atoms with E-state index in [-0.39, 0.29) is 6.03 Å². The van der Waals surface area contributed by atoms with E-state index in [1.807, 2.05) is 11.8 Å². The number of guanidine groups is 1. The molecular formula is C18H27N5O. The Labute approximate surface area is 143 Å². The Morgan fingerprint density at radius 2 is 2.04 bits per heavy atom. The minimum atomic E-state index is 0.0785. The van der Waals surface area contributed by atoms with Gasteiger partial charge in [-0.3, -0.25) is 4.99 Å². The fourth-order valence-corrected chi connectivity index (χ4v) is 3.28. The van der Waals surface area contributed by atoms with Crippen LogP contribution >= 0.6 is 0 Å². The Morgan fingerprint density at radius 3 is 2.67 bits per heavy atom. The number of carbonyl (C=O) groups excluding carboxylic acids is 1. The lowest BCUT2D eigenvalue weighted by Gasteiger charge is -2.32. The van der Waals surface area contributed by atoms with Crippen molar-refractivity contribution in [3.8, 4) is 0 Å². The van der Waals surface area contributed by atoms with E-state index < -0.39 is 0 Å². The molecule has 0 radical (unpaired) electrons. The molecule has 0 aliphatic carbocycles. The molecule has 0 spiro atoms. The molecule has 0 atom stereocenters. The van der Waals surface area contributed by atoms with E-state index in [1.165, 1.54) is 5.56 Å². The summed E-state index contributed by atoms with van der Waals surface area (Å²) in [5.74, 6) is 1.52. The van der Waals surface area contributed by atoms with Gasteiger partial charge in [0.15, 0.2) is 5.96 Å². The highest BCUT2D eigenvalue weighted by Crippen LogP contribution is 2.22. The van der Waals surface area contributed by atoms with Crippen molar-refractivity contribution in [3.05, 3.63) is 29.8 Å². The van der Waals surface area contributed by atoms with Gasteiger partial charge in [0, 0.05) is 31.9 Å². The Bertz CT molecular complexity index is 576. The smallest absolute Gasteiger partial charge is 0.317 e. The van der Waals surface area contributed by atoms with E-state index in [0.29, 0.717) is 12.5 Å². The van der Waals surface area contributed by atoms with Gasteiger partial charge in [0.1, 0.15) is 0 Å². The molecule has 130 valence electrons. The highest BCUT2D eigenvalue weighted by atomic mass is 16.2. The molecule has 24 heavy (non-hydrogen) atoms. The molecule has 1 saturated heterocycles. The summed E-state index contributed by atoms with van der Waals surface area (Å²) < 4.78 is 0. The predicted octanol–water partition coefficient (Wildman–Crippen LogP) is 2.04. The summed E-state index contributed by atoms with van der Waals surface area (Å²) in [6.07, 6.45) is 3.25. The molecule has 2 aliphatic rings. The van der Waals surface area contributed by atoms with Crippen molar-refractivity contribution in [1.29, 1.82) is 0 Å². The predicted molar refractivity (Wildman–Crippen MR) is 97.4 cm³/mol. The molecule has 3 rings (SSSR count). The van der Waals surface area contributed by atoms with Gasteiger partial charge in [-0.1, -0.05) is 12.1 Å². The number of piperidine rings is 1. The monoisotopic (exact) mass is 329 g/mol. The minimum Gasteiger partial charge on any atom is -0.354 e. The maximum absolute atomic E-state index is 11.8. The molecule has 0 saturated carbocycles. The maximum atomic E-state index is 11.8. The SMILES string of the molecule is CCNC(=O)N1CCC(Cc2ccc(NC3=NCCN3)cc2)CC1. The van der Waals surface area contributed by atoms with Crippen LogP contribution in [0, 0.1) is 5.92 Å². The van der Waals surface area contributed by atoms with Crippen molar-refractivity contribution in [2.45, 2.75) is 26.2 Å². The van der Waals surface area contributed by atoms with Gasteiger partial charge in [0.2, 0.25) is 0 Å². The van der Waals surface area contributed by atoms with Crippen LogP contribution in [0.2, 0.25) is 0 Å². The Hall–Kier alpha value is -2.24. The Balaban J connectivity index is 1.46. The fourth-order valence-electron chi connectivity index (χ4n) is 3.28. The van der Waals surface area contributed by atoms with E-state index in [4.69, 9.17) is 0 Å². The number of rotatable bonds is 4. The molecule has 0 unspecified atom stereocenters. The molecule has 6 nitrogen and oxygen atoms in total. The number of urea groups is 1. The molecule has 1 aromatic carbocycles. The van der Waals surface area contributed by atoms with Crippen LogP contribution in [-0.4, -0.2) is 49.6 Å². The molecule has 2 aliphatic heterocycles. The van der Waals surface area contributed by atoms with Crippen molar-refractivity contribution >= 4 is 17.7 Å². The van der Waals surface area contributed by atoms with Gasteiger partial charge in [-0.15, -0.1) is 0 Å². The Morgan fingerprint density at radius 1 is 1.29 bits per heavy atom. The van der Waals surface area contributed by atoms with Crippen molar-refractivity contribution in [2.24, 2.45) is 10.9 Å². The van der Waals surface area contributed by atoms with Crippen LogP contribution in [0.3, 0.4) is 0 Å². The number of aliphatic imine (C=N–C) groups is 1. The topological polar surface area (TPSA) is 68.8 Å². The van der Waals surface area contributed by atoms with Gasteiger partial charge in [0.25, 0.3) is 0 Å². The number of anilines is 1. The first-order chi connectivity index (χ1) is 11.7. The average molecular weight is 329 g/mol. The number of likely N-dealkylation sites (tertiary alicyclic amines) is 1. The first-order valence-electron chi connectivity index (χ1n) is 8.91. The molecular weight excluding hydrogens is 302 g/mol. The van der Waals surface area contributed by atoms with Crippen molar-refractivity contribution in [1.82, 2.24) is 15.5 Å². The zero-order valence-corrected chi connectivity index (χ0v) is 14.3. The van der Waals surface area contributed by atoms with Gasteiger partial charge in [-0.25, -0.2) is 4.79 Å². The minimum absolute atomic E-state index is 0.0785. The molecule has 0 bridgehead atoms. The van der Waals surface area contributed by atoms with E-state index >= 15 is 0 Å². The van der Waals surface area contributed by atoms with Crippen LogP contribution in [0.15, 0.2) is 29.3 Å². The van der Waals surface area contributed by atoms with Gasteiger partial charge in [-0.05, 0) is 49.8 Å². The summed E-state index contributed by atoms with van der Waals surface area (Å²) in [4.78, 5) is 18.1. The number of carbonyl (C=O) groups is 1. The number of nitrogens with one attached hydrogen (secondary N) is 3. The molecule has 6 heteroatoms. The lowest BCUT2D eigenvalue weighted by Crippen LogP contribution is -2.44. The lowest BCUT2D eigenvalue weighted by molar-refractivity contribution is 0.171. The standard InChI is InChI=1S/C18H27N5O/c1-2-19-18(24)23-11-7-15(8-12-23)13-14-3-5-16(6-4-14)22-17-20-9-10-21-17/h3-6,15H,2,7-13H2,1H3,(H,19,24)(H2,20,21,22). The molecule has 2 heterocycles. The lowest BCUT2D eigenvalue weighted by atomic mass is 9.90. The zero-order valence-electron chi connectivity index (χ0n) is 14.3. The first-order valence-corrected chi connectivity index (χ1v) is 8.91. The number of nitrogens with zero attached hydrogens (tertiary/aromatic N) is 2. The first kappa shape index (κ1) is 16.6. The summed E-state index contributed by atoms with van der Waals surface area (Å²) in [7, 11) is 0. The second-order valence-electron chi connectivity index (χ2n) is 6.45. The third kappa shape index (κ3) is 4.40. The maximum Gasteiger partial charge on any atom is 0.317 e. The van der Waals surface area contributed by atoms with Gasteiger partial charge in [-0.2, -0.15) is 0 Å². The van der Waals surface area contributed by atoms with E-state index in [1.54, 1.807) is 0 Å². The third-order valence-corrected chi connectivity index (χ3v) is 4.64. The largest absolute Gasteiger partial charge is 0.354 e. The van der Waals surface area contributed by atoms with Crippen LogP contribution in [0.5, 0.6) is 0 Å². The fraction of sp³-hybridized carbons (Fsp3) is 0.556. The van der Waals surface area contributed by atoms with Crippen molar-refractivity contribution in [3.63, 3.8) is 0 Å². The number of amides is 2. The molecule has 1 fully saturated rings. The summed E-state index contributed by atoms with van der Waals surface area (Å²) in [6, 6.07) is 8.68. The molecule has 1 aromatic rings. The molecule has 3 N–H and O–H groups in total. The summed E-state index contributed by atoms with van der Waals surface area (Å²) in [6.45, 7) is 6.13. The van der Waals surface area contributed by atoms with Crippen LogP contribution in [0.4, 0.5) is 10.5 Å². The van der Waals surface area contributed by atoms with Gasteiger partial charge < -0.3 is 20.9 Å². The zero-order chi connectivity index (χ0) is 16.8. The van der Waals surface area contributed by atoms with E-state index in [2.05, 4.69) is 45.2 Å². The highest BCUT2D eigenvalue weighted by Gasteiger charge is 2.22.